The van der Waals surface area contributed by atoms with E-state index in [-0.39, 0.29) is 5.75 Å². The van der Waals surface area contributed by atoms with E-state index in [0.717, 1.165) is 17.3 Å². The summed E-state index contributed by atoms with van der Waals surface area (Å²) in [6.45, 7) is 1.000. The lowest BCUT2D eigenvalue weighted by Gasteiger charge is -2.08. The van der Waals surface area contributed by atoms with Gasteiger partial charge in [-0.1, -0.05) is 11.8 Å². The Bertz CT molecular complexity index is 598. The van der Waals surface area contributed by atoms with Gasteiger partial charge < -0.3 is 14.3 Å². The highest BCUT2D eigenvalue weighted by Crippen LogP contribution is 2.30. The second-order valence-electron chi connectivity index (χ2n) is 3.74. The Labute approximate surface area is 127 Å². The minimum atomic E-state index is -0.901. The first-order valence-corrected chi connectivity index (χ1v) is 7.41. The first-order chi connectivity index (χ1) is 9.63. The molecule has 1 N–H and O–H groups in total. The second kappa shape index (κ2) is 6.91. The number of rotatable bonds is 7. The number of aliphatic carboxylic acids is 1. The van der Waals surface area contributed by atoms with E-state index in [1.807, 2.05) is 4.57 Å². The van der Waals surface area contributed by atoms with Gasteiger partial charge in [0, 0.05) is 7.11 Å². The van der Waals surface area contributed by atoms with Gasteiger partial charge in [0.2, 0.25) is 0 Å². The van der Waals surface area contributed by atoms with Gasteiger partial charge in [0.15, 0.2) is 15.7 Å². The van der Waals surface area contributed by atoms with Crippen molar-refractivity contribution in [3.8, 4) is 11.4 Å². The SMILES string of the molecule is COCCn1c(SCC(=O)O)nnc1-c1ccoc1Br. The van der Waals surface area contributed by atoms with Crippen LogP contribution in [0.15, 0.2) is 26.6 Å². The van der Waals surface area contributed by atoms with Crippen LogP contribution in [0.2, 0.25) is 0 Å². The monoisotopic (exact) mass is 361 g/mol. The van der Waals surface area contributed by atoms with Crippen LogP contribution in [0.25, 0.3) is 11.4 Å². The second-order valence-corrected chi connectivity index (χ2v) is 5.40. The average Bonchev–Trinajstić information content (AvgIpc) is 2.99. The highest BCUT2D eigenvalue weighted by Gasteiger charge is 2.18. The molecular weight excluding hydrogens is 350 g/mol. The van der Waals surface area contributed by atoms with Crippen molar-refractivity contribution >= 4 is 33.7 Å². The van der Waals surface area contributed by atoms with Crippen LogP contribution < -0.4 is 0 Å². The molecule has 108 valence electrons. The molecule has 0 bridgehead atoms. The maximum atomic E-state index is 10.7. The molecule has 0 amide bonds. The molecule has 2 aromatic heterocycles. The lowest BCUT2D eigenvalue weighted by Crippen LogP contribution is -2.08. The van der Waals surface area contributed by atoms with E-state index in [2.05, 4.69) is 26.1 Å². The van der Waals surface area contributed by atoms with Gasteiger partial charge in [-0.15, -0.1) is 10.2 Å². The summed E-state index contributed by atoms with van der Waals surface area (Å²) in [7, 11) is 1.60. The predicted octanol–water partition coefficient (Wildman–Crippen LogP) is 2.12. The Hall–Kier alpha value is -1.32. The molecule has 0 unspecified atom stereocenters. The summed E-state index contributed by atoms with van der Waals surface area (Å²) >= 11 is 4.41. The first kappa shape index (κ1) is 15.1. The van der Waals surface area contributed by atoms with Crippen molar-refractivity contribution in [2.75, 3.05) is 19.5 Å². The Morgan fingerprint density at radius 2 is 2.40 bits per heavy atom. The number of ether oxygens (including phenoxy) is 1. The Morgan fingerprint density at radius 3 is 3.00 bits per heavy atom. The quantitative estimate of drug-likeness (QED) is 0.755. The van der Waals surface area contributed by atoms with E-state index in [9.17, 15) is 4.79 Å². The number of aromatic nitrogens is 3. The van der Waals surface area contributed by atoms with Crippen LogP contribution in [0.4, 0.5) is 0 Å². The molecule has 0 aliphatic rings. The largest absolute Gasteiger partial charge is 0.481 e. The molecule has 7 nitrogen and oxygen atoms in total. The van der Waals surface area contributed by atoms with Gasteiger partial charge in [-0.05, 0) is 22.0 Å². The molecule has 9 heteroatoms. The fourth-order valence-electron chi connectivity index (χ4n) is 1.56. The predicted molar refractivity (Wildman–Crippen MR) is 75.7 cm³/mol. The van der Waals surface area contributed by atoms with Crippen molar-refractivity contribution in [2.45, 2.75) is 11.7 Å². The van der Waals surface area contributed by atoms with Crippen LogP contribution in [0.5, 0.6) is 0 Å². The number of hydrogen-bond donors (Lipinski definition) is 1. The van der Waals surface area contributed by atoms with E-state index in [0.29, 0.717) is 28.8 Å². The van der Waals surface area contributed by atoms with Crippen molar-refractivity contribution in [1.82, 2.24) is 14.8 Å². The number of hydrogen-bond acceptors (Lipinski definition) is 6. The standard InChI is InChI=1S/C11H12BrN3O4S/c1-18-5-3-15-10(7-2-4-19-9(7)12)13-14-11(15)20-6-8(16)17/h2,4H,3,5-6H2,1H3,(H,16,17). The Balaban J connectivity index is 2.31. The molecule has 0 saturated carbocycles. The summed E-state index contributed by atoms with van der Waals surface area (Å²) in [5.74, 6) is -0.365. The molecule has 0 saturated heterocycles. The van der Waals surface area contributed by atoms with Crippen molar-refractivity contribution in [3.63, 3.8) is 0 Å². The molecule has 0 aliphatic carbocycles. The summed E-state index contributed by atoms with van der Waals surface area (Å²) < 4.78 is 12.6. The molecule has 0 aliphatic heterocycles. The summed E-state index contributed by atoms with van der Waals surface area (Å²) in [5.41, 5.74) is 0.760. The van der Waals surface area contributed by atoms with Crippen LogP contribution in [-0.4, -0.2) is 45.3 Å². The molecule has 0 aromatic carbocycles. The zero-order valence-electron chi connectivity index (χ0n) is 10.6. The van der Waals surface area contributed by atoms with Gasteiger partial charge in [0.1, 0.15) is 0 Å². The first-order valence-electron chi connectivity index (χ1n) is 5.63. The van der Waals surface area contributed by atoms with E-state index >= 15 is 0 Å². The number of furan rings is 1. The van der Waals surface area contributed by atoms with Crippen molar-refractivity contribution < 1.29 is 19.1 Å². The lowest BCUT2D eigenvalue weighted by molar-refractivity contribution is -0.133. The van der Waals surface area contributed by atoms with Crippen molar-refractivity contribution in [2.24, 2.45) is 0 Å². The van der Waals surface area contributed by atoms with Gasteiger partial charge in [-0.25, -0.2) is 0 Å². The Morgan fingerprint density at radius 1 is 1.60 bits per heavy atom. The lowest BCUT2D eigenvalue weighted by atomic mass is 10.3. The normalized spacial score (nSPS) is 10.9. The van der Waals surface area contributed by atoms with Gasteiger partial charge in [-0.3, -0.25) is 9.36 Å². The third kappa shape index (κ3) is 3.41. The van der Waals surface area contributed by atoms with Gasteiger partial charge in [0.05, 0.1) is 30.7 Å². The number of methoxy groups -OCH3 is 1. The fourth-order valence-corrected chi connectivity index (χ4v) is 2.66. The Kier molecular flexibility index (Phi) is 5.21. The zero-order valence-corrected chi connectivity index (χ0v) is 13.0. The fraction of sp³-hybridized carbons (Fsp3) is 0.364. The molecule has 0 radical (unpaired) electrons. The smallest absolute Gasteiger partial charge is 0.313 e. The van der Waals surface area contributed by atoms with Gasteiger partial charge in [0.25, 0.3) is 0 Å². The number of carbonyl (C=O) groups is 1. The number of carboxylic acids is 1. The zero-order chi connectivity index (χ0) is 14.5. The van der Waals surface area contributed by atoms with Gasteiger partial charge >= 0.3 is 5.97 Å². The van der Waals surface area contributed by atoms with Crippen LogP contribution in [-0.2, 0) is 16.1 Å². The summed E-state index contributed by atoms with van der Waals surface area (Å²) in [6.07, 6.45) is 1.54. The number of carboxylic acid groups (broad SMARTS) is 1. The maximum absolute atomic E-state index is 10.7. The van der Waals surface area contributed by atoms with E-state index < -0.39 is 5.97 Å². The van der Waals surface area contributed by atoms with Crippen LogP contribution in [0, 0.1) is 0 Å². The third-order valence-corrected chi connectivity index (χ3v) is 3.99. The van der Waals surface area contributed by atoms with E-state index in [1.54, 1.807) is 19.4 Å². The van der Waals surface area contributed by atoms with Crippen molar-refractivity contribution in [1.29, 1.82) is 0 Å². The van der Waals surface area contributed by atoms with Crippen LogP contribution in [0.1, 0.15) is 0 Å². The molecule has 2 aromatic rings. The highest BCUT2D eigenvalue weighted by atomic mass is 79.9. The molecule has 2 rings (SSSR count). The van der Waals surface area contributed by atoms with Gasteiger partial charge in [-0.2, -0.15) is 0 Å². The number of thioether (sulfide) groups is 1. The molecule has 0 spiro atoms. The summed E-state index contributed by atoms with van der Waals surface area (Å²) in [4.78, 5) is 10.7. The molecular formula is C11H12BrN3O4S. The maximum Gasteiger partial charge on any atom is 0.313 e. The summed E-state index contributed by atoms with van der Waals surface area (Å²) in [6, 6.07) is 1.77. The minimum Gasteiger partial charge on any atom is -0.481 e. The molecule has 0 atom stereocenters. The number of nitrogens with zero attached hydrogens (tertiary/aromatic N) is 3. The summed E-state index contributed by atoms with van der Waals surface area (Å²) in [5, 5.41) is 17.4. The van der Waals surface area contributed by atoms with E-state index in [4.69, 9.17) is 14.3 Å². The van der Waals surface area contributed by atoms with Crippen LogP contribution in [0.3, 0.4) is 0 Å². The highest BCUT2D eigenvalue weighted by molar-refractivity contribution is 9.10. The molecule has 20 heavy (non-hydrogen) atoms. The molecule has 0 fully saturated rings. The topological polar surface area (TPSA) is 90.4 Å². The third-order valence-electron chi connectivity index (χ3n) is 2.42. The van der Waals surface area contributed by atoms with Crippen molar-refractivity contribution in [3.05, 3.63) is 17.0 Å². The average molecular weight is 362 g/mol. The van der Waals surface area contributed by atoms with Crippen LogP contribution >= 0.6 is 27.7 Å². The molecule has 2 heterocycles. The minimum absolute atomic E-state index is 0.0718. The number of halogens is 1. The van der Waals surface area contributed by atoms with E-state index in [1.165, 1.54) is 0 Å².